The molecular weight excluding hydrogens is 288 g/mol. The molecule has 0 radical (unpaired) electrons. The molecule has 2 aromatic heterocycles. The smallest absolute Gasteiger partial charge is 0.265 e. The van der Waals surface area contributed by atoms with Crippen LogP contribution in [-0.2, 0) is 10.0 Å². The van der Waals surface area contributed by atoms with Crippen molar-refractivity contribution in [2.45, 2.75) is 25.7 Å². The van der Waals surface area contributed by atoms with Crippen LogP contribution in [-0.4, -0.2) is 23.6 Å². The molecule has 0 aromatic carbocycles. The summed E-state index contributed by atoms with van der Waals surface area (Å²) >= 11 is 5.92. The van der Waals surface area contributed by atoms with Gasteiger partial charge in [0.15, 0.2) is 5.15 Å². The Morgan fingerprint density at radius 3 is 2.53 bits per heavy atom. The second-order valence-electron chi connectivity index (χ2n) is 4.16. The Balaban J connectivity index is 2.49. The van der Waals surface area contributed by atoms with Crippen molar-refractivity contribution in [3.63, 3.8) is 0 Å². The minimum Gasteiger partial charge on any atom is -0.281 e. The lowest BCUT2D eigenvalue weighted by Crippen LogP contribution is -2.16. The maximum absolute atomic E-state index is 12.4. The average Bonchev–Trinajstić information content (AvgIpc) is 2.64. The zero-order chi connectivity index (χ0) is 14.2. The number of aryl methyl sites for hydroxylation is 3. The Hall–Kier alpha value is -1.60. The molecule has 2 heterocycles. The lowest BCUT2D eigenvalue weighted by Gasteiger charge is -2.11. The molecule has 0 aliphatic rings. The summed E-state index contributed by atoms with van der Waals surface area (Å²) in [6, 6.07) is 1.68. The van der Waals surface area contributed by atoms with E-state index in [9.17, 15) is 8.42 Å². The summed E-state index contributed by atoms with van der Waals surface area (Å²) in [4.78, 5) is 4.00. The van der Waals surface area contributed by atoms with Gasteiger partial charge in [-0.15, -0.1) is 0 Å². The molecular formula is C11H13ClN4O2S. The van der Waals surface area contributed by atoms with Crippen molar-refractivity contribution in [3.8, 4) is 0 Å². The molecule has 0 atom stereocenters. The van der Waals surface area contributed by atoms with Crippen LogP contribution in [0, 0.1) is 20.8 Å². The first-order valence-electron chi connectivity index (χ1n) is 5.48. The standard InChI is InChI=1S/C11H13ClN4O2S/c1-6-4-5-13-11(12)9(6)16-19(17,18)10-7(2)14-15-8(10)3/h4-5,16H,1-3H3,(H,14,15). The van der Waals surface area contributed by atoms with Gasteiger partial charge >= 0.3 is 0 Å². The highest BCUT2D eigenvalue weighted by Crippen LogP contribution is 2.27. The van der Waals surface area contributed by atoms with Crippen LogP contribution < -0.4 is 4.72 Å². The first-order valence-corrected chi connectivity index (χ1v) is 7.34. The third-order valence-corrected chi connectivity index (χ3v) is 4.58. The van der Waals surface area contributed by atoms with Crippen molar-refractivity contribution in [1.82, 2.24) is 15.2 Å². The Morgan fingerprint density at radius 2 is 2.00 bits per heavy atom. The molecule has 102 valence electrons. The Morgan fingerprint density at radius 1 is 1.32 bits per heavy atom. The van der Waals surface area contributed by atoms with Gasteiger partial charge in [0.05, 0.1) is 17.1 Å². The van der Waals surface area contributed by atoms with Gasteiger partial charge in [-0.05, 0) is 32.4 Å². The summed E-state index contributed by atoms with van der Waals surface area (Å²) in [5.41, 5.74) is 1.86. The number of H-pyrrole nitrogens is 1. The largest absolute Gasteiger partial charge is 0.281 e. The normalized spacial score (nSPS) is 11.6. The molecule has 0 aliphatic heterocycles. The lowest BCUT2D eigenvalue weighted by molar-refractivity contribution is 0.600. The van der Waals surface area contributed by atoms with Gasteiger partial charge in [0, 0.05) is 6.20 Å². The molecule has 0 saturated carbocycles. The molecule has 6 nitrogen and oxygen atoms in total. The van der Waals surface area contributed by atoms with Crippen LogP contribution in [0.3, 0.4) is 0 Å². The minimum atomic E-state index is -3.74. The topological polar surface area (TPSA) is 87.7 Å². The SMILES string of the molecule is Cc1ccnc(Cl)c1NS(=O)(=O)c1c(C)n[nH]c1C. The number of anilines is 1. The molecule has 0 bridgehead atoms. The van der Waals surface area contributed by atoms with E-state index in [1.54, 1.807) is 26.8 Å². The van der Waals surface area contributed by atoms with Gasteiger partial charge in [-0.3, -0.25) is 9.82 Å². The maximum atomic E-state index is 12.4. The predicted molar refractivity (Wildman–Crippen MR) is 72.9 cm³/mol. The third-order valence-electron chi connectivity index (χ3n) is 2.68. The van der Waals surface area contributed by atoms with E-state index in [-0.39, 0.29) is 15.7 Å². The van der Waals surface area contributed by atoms with E-state index >= 15 is 0 Å². The van der Waals surface area contributed by atoms with Gasteiger partial charge in [0.1, 0.15) is 4.90 Å². The van der Waals surface area contributed by atoms with E-state index in [2.05, 4.69) is 19.9 Å². The molecule has 0 amide bonds. The number of sulfonamides is 1. The van der Waals surface area contributed by atoms with Crippen LogP contribution in [0.2, 0.25) is 5.15 Å². The van der Waals surface area contributed by atoms with Crippen molar-refractivity contribution >= 4 is 27.3 Å². The first kappa shape index (κ1) is 13.8. The number of nitrogens with one attached hydrogen (secondary N) is 2. The van der Waals surface area contributed by atoms with Gasteiger partial charge < -0.3 is 0 Å². The van der Waals surface area contributed by atoms with Gasteiger partial charge in [-0.1, -0.05) is 11.6 Å². The van der Waals surface area contributed by atoms with Crippen LogP contribution in [0.15, 0.2) is 17.2 Å². The second kappa shape index (κ2) is 4.82. The van der Waals surface area contributed by atoms with Crippen molar-refractivity contribution < 1.29 is 8.42 Å². The molecule has 0 saturated heterocycles. The first-order chi connectivity index (χ1) is 8.83. The average molecular weight is 301 g/mol. The number of nitrogens with zero attached hydrogens (tertiary/aromatic N) is 2. The number of hydrogen-bond acceptors (Lipinski definition) is 4. The summed E-state index contributed by atoms with van der Waals surface area (Å²) in [5.74, 6) is 0. The number of rotatable bonds is 3. The molecule has 19 heavy (non-hydrogen) atoms. The predicted octanol–water partition coefficient (Wildman–Crippen LogP) is 2.18. The minimum absolute atomic E-state index is 0.113. The number of aromatic nitrogens is 3. The van der Waals surface area contributed by atoms with Gasteiger partial charge in [0.2, 0.25) is 0 Å². The van der Waals surface area contributed by atoms with Crippen molar-refractivity contribution in [3.05, 3.63) is 34.4 Å². The monoisotopic (exact) mass is 300 g/mol. The summed E-state index contributed by atoms with van der Waals surface area (Å²) in [5, 5.41) is 6.63. The molecule has 2 rings (SSSR count). The summed E-state index contributed by atoms with van der Waals surface area (Å²) in [6.45, 7) is 5.02. The highest BCUT2D eigenvalue weighted by molar-refractivity contribution is 7.92. The molecule has 0 fully saturated rings. The Kier molecular flexibility index (Phi) is 3.51. The fourth-order valence-electron chi connectivity index (χ4n) is 1.77. The van der Waals surface area contributed by atoms with Crippen LogP contribution in [0.25, 0.3) is 0 Å². The lowest BCUT2D eigenvalue weighted by atomic mass is 10.3. The zero-order valence-corrected chi connectivity index (χ0v) is 12.2. The number of hydrogen-bond donors (Lipinski definition) is 2. The van der Waals surface area contributed by atoms with E-state index in [0.29, 0.717) is 17.0 Å². The highest BCUT2D eigenvalue weighted by Gasteiger charge is 2.24. The molecule has 2 aromatic rings. The maximum Gasteiger partial charge on any atom is 0.265 e. The van der Waals surface area contributed by atoms with Crippen LogP contribution in [0.5, 0.6) is 0 Å². The van der Waals surface area contributed by atoms with Crippen molar-refractivity contribution in [2.24, 2.45) is 0 Å². The van der Waals surface area contributed by atoms with Crippen LogP contribution >= 0.6 is 11.6 Å². The molecule has 0 unspecified atom stereocenters. The number of aromatic amines is 1. The summed E-state index contributed by atoms with van der Waals surface area (Å²) < 4.78 is 27.2. The highest BCUT2D eigenvalue weighted by atomic mass is 35.5. The number of halogens is 1. The second-order valence-corrected chi connectivity index (χ2v) is 6.14. The summed E-state index contributed by atoms with van der Waals surface area (Å²) in [6.07, 6.45) is 1.52. The fraction of sp³-hybridized carbons (Fsp3) is 0.273. The zero-order valence-electron chi connectivity index (χ0n) is 10.7. The van der Waals surface area contributed by atoms with Crippen LogP contribution in [0.4, 0.5) is 5.69 Å². The quantitative estimate of drug-likeness (QED) is 0.851. The van der Waals surface area contributed by atoms with Gasteiger partial charge in [0.25, 0.3) is 10.0 Å². The van der Waals surface area contributed by atoms with E-state index < -0.39 is 10.0 Å². The Labute approximate surface area is 116 Å². The Bertz CT molecular complexity index is 685. The van der Waals surface area contributed by atoms with E-state index in [1.165, 1.54) is 6.20 Å². The molecule has 0 aliphatic carbocycles. The van der Waals surface area contributed by atoms with E-state index in [1.807, 2.05) is 0 Å². The fourth-order valence-corrected chi connectivity index (χ4v) is 3.59. The molecule has 0 spiro atoms. The number of pyridine rings is 1. The van der Waals surface area contributed by atoms with E-state index in [4.69, 9.17) is 11.6 Å². The third kappa shape index (κ3) is 2.57. The molecule has 2 N–H and O–H groups in total. The van der Waals surface area contributed by atoms with Gasteiger partial charge in [-0.25, -0.2) is 13.4 Å². The molecule has 8 heteroatoms. The van der Waals surface area contributed by atoms with Gasteiger partial charge in [-0.2, -0.15) is 5.10 Å². The van der Waals surface area contributed by atoms with Crippen molar-refractivity contribution in [2.75, 3.05) is 4.72 Å². The van der Waals surface area contributed by atoms with E-state index in [0.717, 1.165) is 0 Å². The van der Waals surface area contributed by atoms with Crippen LogP contribution in [0.1, 0.15) is 17.0 Å². The van der Waals surface area contributed by atoms with Crippen molar-refractivity contribution in [1.29, 1.82) is 0 Å². The summed E-state index contributed by atoms with van der Waals surface area (Å²) in [7, 11) is -3.74.